The SMILES string of the molecule is O=C(O)c1cn2ncnc2[nH]c1=O. The highest BCUT2D eigenvalue weighted by atomic mass is 16.4. The molecule has 0 unspecified atom stereocenters. The van der Waals surface area contributed by atoms with Gasteiger partial charge in [-0.1, -0.05) is 0 Å². The second-order valence-electron chi connectivity index (χ2n) is 2.33. The lowest BCUT2D eigenvalue weighted by molar-refractivity contribution is 0.0694. The van der Waals surface area contributed by atoms with Crippen LogP contribution in [0.25, 0.3) is 5.78 Å². The van der Waals surface area contributed by atoms with Gasteiger partial charge in [-0.3, -0.25) is 9.78 Å². The first-order chi connectivity index (χ1) is 6.18. The van der Waals surface area contributed by atoms with E-state index >= 15 is 0 Å². The molecular weight excluding hydrogens is 176 g/mol. The van der Waals surface area contributed by atoms with E-state index in [0.29, 0.717) is 0 Å². The topological polar surface area (TPSA) is 100 Å². The lowest BCUT2D eigenvalue weighted by atomic mass is 10.3. The zero-order valence-electron chi connectivity index (χ0n) is 6.26. The molecule has 2 heterocycles. The molecule has 7 heteroatoms. The van der Waals surface area contributed by atoms with Crippen LogP contribution in [-0.4, -0.2) is 30.7 Å². The summed E-state index contributed by atoms with van der Waals surface area (Å²) in [6, 6.07) is 0. The van der Waals surface area contributed by atoms with Crippen molar-refractivity contribution in [3.63, 3.8) is 0 Å². The highest BCUT2D eigenvalue weighted by molar-refractivity contribution is 5.86. The molecule has 0 aromatic carbocycles. The number of nitrogens with one attached hydrogen (secondary N) is 1. The third kappa shape index (κ3) is 1.06. The second kappa shape index (κ2) is 2.41. The number of rotatable bonds is 1. The second-order valence-corrected chi connectivity index (χ2v) is 2.33. The van der Waals surface area contributed by atoms with Gasteiger partial charge in [-0.15, -0.1) is 0 Å². The summed E-state index contributed by atoms with van der Waals surface area (Å²) in [7, 11) is 0. The fraction of sp³-hybridized carbons (Fsp3) is 0. The van der Waals surface area contributed by atoms with Crippen molar-refractivity contribution in [2.45, 2.75) is 0 Å². The summed E-state index contributed by atoms with van der Waals surface area (Å²) in [5.74, 6) is -1.08. The molecule has 2 aromatic heterocycles. The molecule has 0 saturated carbocycles. The third-order valence-electron chi connectivity index (χ3n) is 1.52. The summed E-state index contributed by atoms with van der Waals surface area (Å²) in [5.41, 5.74) is -1.05. The first kappa shape index (κ1) is 7.47. The lowest BCUT2D eigenvalue weighted by Gasteiger charge is -1.93. The molecule has 0 spiro atoms. The van der Waals surface area contributed by atoms with E-state index in [1.165, 1.54) is 10.8 Å². The van der Waals surface area contributed by atoms with Crippen molar-refractivity contribution in [3.8, 4) is 0 Å². The molecule has 0 aliphatic heterocycles. The Kier molecular flexibility index (Phi) is 1.38. The van der Waals surface area contributed by atoms with E-state index in [-0.39, 0.29) is 11.3 Å². The van der Waals surface area contributed by atoms with E-state index in [1.807, 2.05) is 0 Å². The number of hydrogen-bond acceptors (Lipinski definition) is 4. The Morgan fingerprint density at radius 3 is 3.08 bits per heavy atom. The minimum absolute atomic E-state index is 0.218. The maximum absolute atomic E-state index is 11.1. The molecule has 0 radical (unpaired) electrons. The number of carbonyl (C=O) groups is 1. The first-order valence-electron chi connectivity index (χ1n) is 3.34. The molecule has 0 saturated heterocycles. The predicted octanol–water partition coefficient (Wildman–Crippen LogP) is -0.884. The Morgan fingerprint density at radius 2 is 2.38 bits per heavy atom. The van der Waals surface area contributed by atoms with Crippen molar-refractivity contribution in [2.24, 2.45) is 0 Å². The molecule has 0 aliphatic carbocycles. The van der Waals surface area contributed by atoms with Crippen molar-refractivity contribution in [1.82, 2.24) is 19.6 Å². The van der Waals surface area contributed by atoms with Gasteiger partial charge in [0.2, 0.25) is 5.78 Å². The smallest absolute Gasteiger partial charge is 0.342 e. The van der Waals surface area contributed by atoms with Gasteiger partial charge in [-0.25, -0.2) is 9.31 Å². The van der Waals surface area contributed by atoms with Crippen LogP contribution in [-0.2, 0) is 0 Å². The molecule has 2 aromatic rings. The fourth-order valence-corrected chi connectivity index (χ4v) is 0.936. The summed E-state index contributed by atoms with van der Waals surface area (Å²) in [4.78, 5) is 27.5. The fourth-order valence-electron chi connectivity index (χ4n) is 0.936. The summed E-state index contributed by atoms with van der Waals surface area (Å²) in [6.45, 7) is 0. The molecule has 2 rings (SSSR count). The number of aromatic amines is 1. The summed E-state index contributed by atoms with van der Waals surface area (Å²) in [5, 5.41) is 12.3. The van der Waals surface area contributed by atoms with Crippen molar-refractivity contribution in [2.75, 3.05) is 0 Å². The van der Waals surface area contributed by atoms with E-state index in [1.54, 1.807) is 0 Å². The highest BCUT2D eigenvalue weighted by Gasteiger charge is 2.10. The standard InChI is InChI=1S/C6H4N4O3/c11-4-3(5(12)13)1-10-6(9-4)7-2-8-10/h1-2H,(H,12,13)(H,7,8,9,11). The zero-order valence-corrected chi connectivity index (χ0v) is 6.26. The number of aromatic nitrogens is 4. The summed E-state index contributed by atoms with van der Waals surface area (Å²) in [6.07, 6.45) is 2.33. The van der Waals surface area contributed by atoms with Gasteiger partial charge in [0.05, 0.1) is 6.20 Å². The minimum atomic E-state index is -1.29. The minimum Gasteiger partial charge on any atom is -0.477 e. The van der Waals surface area contributed by atoms with Crippen LogP contribution in [0.5, 0.6) is 0 Å². The number of carboxylic acids is 1. The Balaban J connectivity index is 2.84. The van der Waals surface area contributed by atoms with E-state index < -0.39 is 11.5 Å². The van der Waals surface area contributed by atoms with E-state index in [4.69, 9.17) is 5.11 Å². The van der Waals surface area contributed by atoms with Crippen LogP contribution in [0.3, 0.4) is 0 Å². The molecule has 7 nitrogen and oxygen atoms in total. The van der Waals surface area contributed by atoms with Crippen LogP contribution in [0.2, 0.25) is 0 Å². The molecule has 0 fully saturated rings. The van der Waals surface area contributed by atoms with Gasteiger partial charge in [-0.2, -0.15) is 10.1 Å². The van der Waals surface area contributed by atoms with Crippen LogP contribution in [0.15, 0.2) is 17.3 Å². The average Bonchev–Trinajstić information content (AvgIpc) is 2.48. The zero-order chi connectivity index (χ0) is 9.42. The Morgan fingerprint density at radius 1 is 1.62 bits per heavy atom. The first-order valence-corrected chi connectivity index (χ1v) is 3.34. The van der Waals surface area contributed by atoms with Crippen LogP contribution >= 0.6 is 0 Å². The van der Waals surface area contributed by atoms with Crippen LogP contribution in [0.4, 0.5) is 0 Å². The molecule has 2 N–H and O–H groups in total. The molecule has 0 amide bonds. The van der Waals surface area contributed by atoms with Gasteiger partial charge in [0.1, 0.15) is 11.9 Å². The quantitative estimate of drug-likeness (QED) is 0.593. The van der Waals surface area contributed by atoms with Crippen molar-refractivity contribution in [3.05, 3.63) is 28.4 Å². The maximum atomic E-state index is 11.1. The van der Waals surface area contributed by atoms with Gasteiger partial charge >= 0.3 is 5.97 Å². The normalized spacial score (nSPS) is 10.5. The molecular formula is C6H4N4O3. The monoisotopic (exact) mass is 180 g/mol. The average molecular weight is 180 g/mol. The number of aromatic carboxylic acids is 1. The van der Waals surface area contributed by atoms with Crippen molar-refractivity contribution >= 4 is 11.7 Å². The third-order valence-corrected chi connectivity index (χ3v) is 1.52. The molecule has 0 atom stereocenters. The molecule has 0 aliphatic rings. The Labute approximate surface area is 70.7 Å². The number of H-pyrrole nitrogens is 1. The van der Waals surface area contributed by atoms with Crippen LogP contribution in [0, 0.1) is 0 Å². The van der Waals surface area contributed by atoms with Crippen molar-refractivity contribution in [1.29, 1.82) is 0 Å². The Bertz CT molecular complexity index is 526. The maximum Gasteiger partial charge on any atom is 0.342 e. The summed E-state index contributed by atoms with van der Waals surface area (Å²) < 4.78 is 1.19. The summed E-state index contributed by atoms with van der Waals surface area (Å²) >= 11 is 0. The number of fused-ring (bicyclic) bond motifs is 1. The van der Waals surface area contributed by atoms with Gasteiger partial charge in [0, 0.05) is 0 Å². The van der Waals surface area contributed by atoms with E-state index in [2.05, 4.69) is 15.1 Å². The number of nitrogens with zero attached hydrogens (tertiary/aromatic N) is 3. The van der Waals surface area contributed by atoms with E-state index in [0.717, 1.165) is 6.20 Å². The van der Waals surface area contributed by atoms with E-state index in [9.17, 15) is 9.59 Å². The molecule has 13 heavy (non-hydrogen) atoms. The molecule has 66 valence electrons. The van der Waals surface area contributed by atoms with Gasteiger partial charge in [0.15, 0.2) is 0 Å². The van der Waals surface area contributed by atoms with Crippen LogP contribution in [0.1, 0.15) is 10.4 Å². The highest BCUT2D eigenvalue weighted by Crippen LogP contribution is 1.92. The lowest BCUT2D eigenvalue weighted by Crippen LogP contribution is -2.19. The van der Waals surface area contributed by atoms with Gasteiger partial charge in [-0.05, 0) is 0 Å². The number of hydrogen-bond donors (Lipinski definition) is 2. The predicted molar refractivity (Wildman–Crippen MR) is 40.6 cm³/mol. The van der Waals surface area contributed by atoms with Gasteiger partial charge < -0.3 is 5.11 Å². The van der Waals surface area contributed by atoms with Crippen molar-refractivity contribution < 1.29 is 9.90 Å². The van der Waals surface area contributed by atoms with Gasteiger partial charge in [0.25, 0.3) is 5.56 Å². The number of carboxylic acid groups (broad SMARTS) is 1. The van der Waals surface area contributed by atoms with Crippen LogP contribution < -0.4 is 5.56 Å². The largest absolute Gasteiger partial charge is 0.477 e. The Hall–Kier alpha value is -2.18. The molecule has 0 bridgehead atoms.